The number of hydrogen-bond acceptors (Lipinski definition) is 3. The molecule has 114 valence electrons. The first-order valence-corrected chi connectivity index (χ1v) is 7.72. The Balaban J connectivity index is 3.01. The van der Waals surface area contributed by atoms with Gasteiger partial charge in [0.1, 0.15) is 0 Å². The highest BCUT2D eigenvalue weighted by molar-refractivity contribution is 6.32. The maximum atomic E-state index is 6.35. The SMILES string of the molecule is CCC(N)Cc1cc(Cl)c(OC(CC)CC)c(OC)c1. The second-order valence-corrected chi connectivity index (χ2v) is 5.45. The van der Waals surface area contributed by atoms with Gasteiger partial charge in [-0.05, 0) is 43.4 Å². The summed E-state index contributed by atoms with van der Waals surface area (Å²) >= 11 is 6.35. The van der Waals surface area contributed by atoms with Gasteiger partial charge in [0.2, 0.25) is 0 Å². The summed E-state index contributed by atoms with van der Waals surface area (Å²) in [6.45, 7) is 6.28. The minimum atomic E-state index is 0.140. The molecule has 0 spiro atoms. The molecule has 0 aliphatic rings. The molecule has 2 N–H and O–H groups in total. The Morgan fingerprint density at radius 2 is 1.80 bits per heavy atom. The average molecular weight is 300 g/mol. The Labute approximate surface area is 127 Å². The standard InChI is InChI=1S/C16H26ClNO2/c1-5-12(18)8-11-9-14(17)16(15(10-11)19-4)20-13(6-2)7-3/h9-10,12-13H,5-8,18H2,1-4H3. The van der Waals surface area contributed by atoms with E-state index in [0.29, 0.717) is 16.5 Å². The lowest BCUT2D eigenvalue weighted by molar-refractivity contribution is 0.185. The van der Waals surface area contributed by atoms with E-state index in [2.05, 4.69) is 20.8 Å². The van der Waals surface area contributed by atoms with E-state index < -0.39 is 0 Å². The van der Waals surface area contributed by atoms with Crippen LogP contribution < -0.4 is 15.2 Å². The van der Waals surface area contributed by atoms with Gasteiger partial charge in [-0.3, -0.25) is 0 Å². The number of rotatable bonds is 8. The molecule has 1 aromatic carbocycles. The summed E-state index contributed by atoms with van der Waals surface area (Å²) in [5, 5.41) is 0.592. The van der Waals surface area contributed by atoms with E-state index in [1.54, 1.807) is 7.11 Å². The Bertz CT molecular complexity index is 419. The Hall–Kier alpha value is -0.930. The van der Waals surface area contributed by atoms with Crippen LogP contribution in [-0.4, -0.2) is 19.3 Å². The predicted molar refractivity (Wildman–Crippen MR) is 85.0 cm³/mol. The van der Waals surface area contributed by atoms with Crippen LogP contribution in [-0.2, 0) is 6.42 Å². The molecule has 3 nitrogen and oxygen atoms in total. The maximum Gasteiger partial charge on any atom is 0.180 e. The highest BCUT2D eigenvalue weighted by Gasteiger charge is 2.16. The maximum absolute atomic E-state index is 6.35. The van der Waals surface area contributed by atoms with Gasteiger partial charge in [0.25, 0.3) is 0 Å². The summed E-state index contributed by atoms with van der Waals surface area (Å²) in [4.78, 5) is 0. The van der Waals surface area contributed by atoms with Crippen LogP contribution in [0.25, 0.3) is 0 Å². The molecule has 0 radical (unpaired) electrons. The van der Waals surface area contributed by atoms with Gasteiger partial charge in [0.05, 0.1) is 18.2 Å². The van der Waals surface area contributed by atoms with Crippen LogP contribution in [0.1, 0.15) is 45.6 Å². The van der Waals surface area contributed by atoms with Crippen molar-refractivity contribution in [3.05, 3.63) is 22.7 Å². The van der Waals surface area contributed by atoms with Crippen LogP contribution >= 0.6 is 11.6 Å². The van der Waals surface area contributed by atoms with Gasteiger partial charge in [0.15, 0.2) is 11.5 Å². The van der Waals surface area contributed by atoms with Gasteiger partial charge in [-0.15, -0.1) is 0 Å². The lowest BCUT2D eigenvalue weighted by Crippen LogP contribution is -2.21. The van der Waals surface area contributed by atoms with Crippen molar-refractivity contribution in [1.82, 2.24) is 0 Å². The topological polar surface area (TPSA) is 44.5 Å². The molecule has 0 bridgehead atoms. The van der Waals surface area contributed by atoms with Crippen molar-refractivity contribution in [2.24, 2.45) is 5.73 Å². The van der Waals surface area contributed by atoms with Crippen LogP contribution in [0.15, 0.2) is 12.1 Å². The zero-order valence-corrected chi connectivity index (χ0v) is 13.7. The summed E-state index contributed by atoms with van der Waals surface area (Å²) in [6.07, 6.45) is 3.77. The third kappa shape index (κ3) is 4.57. The molecule has 1 unspecified atom stereocenters. The first-order valence-electron chi connectivity index (χ1n) is 7.34. The minimum Gasteiger partial charge on any atom is -0.493 e. The normalized spacial score (nSPS) is 12.6. The van der Waals surface area contributed by atoms with Gasteiger partial charge >= 0.3 is 0 Å². The zero-order chi connectivity index (χ0) is 15.1. The predicted octanol–water partition coefficient (Wildman–Crippen LogP) is 4.20. The van der Waals surface area contributed by atoms with Gasteiger partial charge in [-0.25, -0.2) is 0 Å². The van der Waals surface area contributed by atoms with E-state index in [9.17, 15) is 0 Å². The number of nitrogens with two attached hydrogens (primary N) is 1. The minimum absolute atomic E-state index is 0.140. The summed E-state index contributed by atoms with van der Waals surface area (Å²) in [6, 6.07) is 4.04. The van der Waals surface area contributed by atoms with Gasteiger partial charge in [0, 0.05) is 6.04 Å². The molecule has 20 heavy (non-hydrogen) atoms. The average Bonchev–Trinajstić information content (AvgIpc) is 2.45. The molecule has 1 rings (SSSR count). The molecule has 0 aliphatic carbocycles. The van der Waals surface area contributed by atoms with Crippen LogP contribution in [0, 0.1) is 0 Å². The number of hydrogen-bond donors (Lipinski definition) is 1. The molecular formula is C16H26ClNO2. The fourth-order valence-electron chi connectivity index (χ4n) is 2.07. The molecular weight excluding hydrogens is 274 g/mol. The Morgan fingerprint density at radius 1 is 1.15 bits per heavy atom. The van der Waals surface area contributed by atoms with E-state index in [-0.39, 0.29) is 12.1 Å². The third-order valence-corrected chi connectivity index (χ3v) is 3.79. The summed E-state index contributed by atoms with van der Waals surface area (Å²) in [7, 11) is 1.63. The lowest BCUT2D eigenvalue weighted by Gasteiger charge is -2.20. The second kappa shape index (κ2) is 8.38. The number of methoxy groups -OCH3 is 1. The molecule has 0 fully saturated rings. The number of ether oxygens (including phenoxy) is 2. The van der Waals surface area contributed by atoms with Gasteiger partial charge in [-0.2, -0.15) is 0 Å². The van der Waals surface area contributed by atoms with Crippen LogP contribution in [0.5, 0.6) is 11.5 Å². The third-order valence-electron chi connectivity index (χ3n) is 3.51. The van der Waals surface area contributed by atoms with Crippen LogP contribution in [0.2, 0.25) is 5.02 Å². The quantitative estimate of drug-likeness (QED) is 0.782. The summed E-state index contributed by atoms with van der Waals surface area (Å²) < 4.78 is 11.4. The van der Waals surface area contributed by atoms with Crippen molar-refractivity contribution in [2.75, 3.05) is 7.11 Å². The van der Waals surface area contributed by atoms with Gasteiger partial charge < -0.3 is 15.2 Å². The Morgan fingerprint density at radius 3 is 2.30 bits per heavy atom. The van der Waals surface area contributed by atoms with Crippen LogP contribution in [0.4, 0.5) is 0 Å². The highest BCUT2D eigenvalue weighted by atomic mass is 35.5. The number of benzene rings is 1. The largest absolute Gasteiger partial charge is 0.493 e. The van der Waals surface area contributed by atoms with Crippen LogP contribution in [0.3, 0.4) is 0 Å². The first kappa shape index (κ1) is 17.1. The molecule has 0 aromatic heterocycles. The van der Waals surface area contributed by atoms with Crippen molar-refractivity contribution in [2.45, 2.75) is 58.6 Å². The Kier molecular flexibility index (Phi) is 7.17. The zero-order valence-electron chi connectivity index (χ0n) is 12.9. The molecule has 1 aromatic rings. The highest BCUT2D eigenvalue weighted by Crippen LogP contribution is 2.38. The van der Waals surface area contributed by atoms with E-state index in [4.69, 9.17) is 26.8 Å². The number of halogens is 1. The van der Waals surface area contributed by atoms with Crippen molar-refractivity contribution in [3.8, 4) is 11.5 Å². The molecule has 0 saturated heterocycles. The lowest BCUT2D eigenvalue weighted by atomic mass is 10.0. The van der Waals surface area contributed by atoms with Gasteiger partial charge in [-0.1, -0.05) is 32.4 Å². The van der Waals surface area contributed by atoms with E-state index in [1.807, 2.05) is 12.1 Å². The smallest absolute Gasteiger partial charge is 0.180 e. The summed E-state index contributed by atoms with van der Waals surface area (Å²) in [5.74, 6) is 1.32. The second-order valence-electron chi connectivity index (χ2n) is 5.04. The molecule has 0 heterocycles. The molecule has 0 saturated carbocycles. The van der Waals surface area contributed by atoms with Crippen molar-refractivity contribution < 1.29 is 9.47 Å². The first-order chi connectivity index (χ1) is 9.55. The van der Waals surface area contributed by atoms with Crippen molar-refractivity contribution in [3.63, 3.8) is 0 Å². The van der Waals surface area contributed by atoms with E-state index in [0.717, 1.165) is 31.2 Å². The fraction of sp³-hybridized carbons (Fsp3) is 0.625. The molecule has 4 heteroatoms. The van der Waals surface area contributed by atoms with Crippen molar-refractivity contribution in [1.29, 1.82) is 0 Å². The van der Waals surface area contributed by atoms with Crippen molar-refractivity contribution >= 4 is 11.6 Å². The molecule has 0 aliphatic heterocycles. The van der Waals surface area contributed by atoms with E-state index in [1.165, 1.54) is 0 Å². The molecule has 1 atom stereocenters. The fourth-order valence-corrected chi connectivity index (χ4v) is 2.35. The van der Waals surface area contributed by atoms with E-state index >= 15 is 0 Å². The summed E-state index contributed by atoms with van der Waals surface area (Å²) in [5.41, 5.74) is 7.07. The monoisotopic (exact) mass is 299 g/mol. The molecule has 0 amide bonds.